The zero-order valence-corrected chi connectivity index (χ0v) is 16.5. The van der Waals surface area contributed by atoms with Gasteiger partial charge in [-0.15, -0.1) is 0 Å². The smallest absolute Gasteiger partial charge is 0.230 e. The summed E-state index contributed by atoms with van der Waals surface area (Å²) < 4.78 is 19.3. The number of aliphatic imine (C=N–C) groups is 1. The van der Waals surface area contributed by atoms with E-state index < -0.39 is 0 Å². The number of nitrogens with two attached hydrogens (primary N) is 1. The van der Waals surface area contributed by atoms with Crippen LogP contribution in [0.4, 0.5) is 4.39 Å². The Hall–Kier alpha value is -4.13. The summed E-state index contributed by atoms with van der Waals surface area (Å²) >= 11 is 0. The molecular weight excluding hydrogens is 395 g/mol. The maximum absolute atomic E-state index is 13.4. The molecule has 2 aromatic carbocycles. The molecule has 0 aliphatic carbocycles. The van der Waals surface area contributed by atoms with E-state index in [1.807, 2.05) is 36.4 Å². The number of hydrogen-bond acceptors (Lipinski definition) is 6. The minimum atomic E-state index is -0.357. The van der Waals surface area contributed by atoms with Crippen LogP contribution in [0.1, 0.15) is 17.7 Å². The molecule has 0 atom stereocenters. The number of nitrogens with zero attached hydrogens (tertiary/aromatic N) is 3. The van der Waals surface area contributed by atoms with Gasteiger partial charge in [0, 0.05) is 36.0 Å². The number of allylic oxidation sites excluding steroid dienone is 1. The maximum Gasteiger partial charge on any atom is 0.230 e. The summed E-state index contributed by atoms with van der Waals surface area (Å²) in [5.41, 5.74) is 9.83. The molecule has 31 heavy (non-hydrogen) atoms. The molecule has 0 spiro atoms. The number of hydrogen-bond donors (Lipinski definition) is 1. The Kier molecular flexibility index (Phi) is 5.93. The molecule has 4 rings (SSSR count). The highest BCUT2D eigenvalue weighted by Crippen LogP contribution is 2.31. The molecule has 6 nitrogen and oxygen atoms in total. The summed E-state index contributed by atoms with van der Waals surface area (Å²) in [6, 6.07) is 17.4. The molecule has 0 aliphatic rings. The average Bonchev–Trinajstić information content (AvgIpc) is 3.25. The van der Waals surface area contributed by atoms with E-state index in [1.54, 1.807) is 18.3 Å². The third kappa shape index (κ3) is 4.40. The van der Waals surface area contributed by atoms with Crippen molar-refractivity contribution in [2.24, 2.45) is 10.7 Å². The second-order valence-electron chi connectivity index (χ2n) is 6.74. The molecule has 2 heterocycles. The van der Waals surface area contributed by atoms with Crippen LogP contribution >= 0.6 is 0 Å². The molecule has 154 valence electrons. The number of benzene rings is 2. The fraction of sp³-hybridized carbons (Fsp3) is 0.0833. The van der Waals surface area contributed by atoms with Gasteiger partial charge in [0.05, 0.1) is 11.1 Å². The predicted octanol–water partition coefficient (Wildman–Crippen LogP) is 4.52. The van der Waals surface area contributed by atoms with Crippen LogP contribution in [0.15, 0.2) is 76.4 Å². The minimum absolute atomic E-state index is 0.295. The Bertz CT molecular complexity index is 1260. The van der Waals surface area contributed by atoms with Gasteiger partial charge in [0.15, 0.2) is 0 Å². The highest BCUT2D eigenvalue weighted by molar-refractivity contribution is 6.21. The lowest BCUT2D eigenvalue weighted by molar-refractivity contribution is -0.107. The molecule has 0 fully saturated rings. The van der Waals surface area contributed by atoms with Gasteiger partial charge in [-0.3, -0.25) is 4.99 Å². The zero-order valence-electron chi connectivity index (χ0n) is 16.5. The van der Waals surface area contributed by atoms with E-state index in [1.165, 1.54) is 18.5 Å². The van der Waals surface area contributed by atoms with Crippen LogP contribution in [0.25, 0.3) is 33.7 Å². The number of fused-ring (bicyclic) bond motifs is 1. The molecule has 0 aliphatic heterocycles. The fourth-order valence-corrected chi connectivity index (χ4v) is 3.14. The predicted molar refractivity (Wildman–Crippen MR) is 119 cm³/mol. The molecule has 0 amide bonds. The zero-order chi connectivity index (χ0) is 21.6. The van der Waals surface area contributed by atoms with Gasteiger partial charge in [-0.25, -0.2) is 14.4 Å². The van der Waals surface area contributed by atoms with Crippen molar-refractivity contribution in [1.82, 2.24) is 9.97 Å². The van der Waals surface area contributed by atoms with Crippen molar-refractivity contribution in [2.75, 3.05) is 6.54 Å². The molecule has 0 unspecified atom stereocenters. The van der Waals surface area contributed by atoms with Gasteiger partial charge >= 0.3 is 0 Å². The van der Waals surface area contributed by atoms with Gasteiger partial charge in [0.2, 0.25) is 5.71 Å². The number of aromatic nitrogens is 2. The topological polar surface area (TPSA) is 94.4 Å². The summed E-state index contributed by atoms with van der Waals surface area (Å²) in [7, 11) is 0. The molecule has 0 radical (unpaired) electrons. The Balaban J connectivity index is 1.87. The summed E-state index contributed by atoms with van der Waals surface area (Å²) in [4.78, 5) is 23.6. The largest absolute Gasteiger partial charge is 0.438 e. The van der Waals surface area contributed by atoms with Gasteiger partial charge in [-0.2, -0.15) is 0 Å². The normalized spacial score (nSPS) is 12.3. The van der Waals surface area contributed by atoms with Crippen molar-refractivity contribution in [3.63, 3.8) is 0 Å². The van der Waals surface area contributed by atoms with E-state index in [0.29, 0.717) is 52.4 Å². The monoisotopic (exact) mass is 414 g/mol. The van der Waals surface area contributed by atoms with Crippen LogP contribution in [0.5, 0.6) is 0 Å². The first-order valence-electron chi connectivity index (χ1n) is 9.67. The third-order valence-electron chi connectivity index (χ3n) is 4.68. The number of halogens is 1. The van der Waals surface area contributed by atoms with Gasteiger partial charge in [-0.1, -0.05) is 30.3 Å². The Morgan fingerprint density at radius 1 is 1.10 bits per heavy atom. The summed E-state index contributed by atoms with van der Waals surface area (Å²) in [5, 5.41) is 0.670. The van der Waals surface area contributed by atoms with E-state index in [-0.39, 0.29) is 5.82 Å². The Morgan fingerprint density at radius 2 is 1.87 bits per heavy atom. The SMILES string of the molecule is N/C(=C(\C=NCCC=O)c1ncnc2oc(-c3ccccc3)cc12)c1ccc(F)cc1. The van der Waals surface area contributed by atoms with Crippen LogP contribution in [-0.4, -0.2) is 29.0 Å². The number of carbonyl (C=O) groups is 1. The minimum Gasteiger partial charge on any atom is -0.438 e. The molecular formula is C24H19FN4O2. The summed E-state index contributed by atoms with van der Waals surface area (Å²) in [6.45, 7) is 0.318. The standard InChI is InChI=1S/C24H19FN4O2/c25-18-9-7-17(8-10-18)22(26)20(14-27-11-4-12-30)23-19-13-21(16-5-2-1-3-6-16)31-24(19)29-15-28-23/h1-3,5-10,12-15H,4,11,26H2/b22-20+,27-14?. The molecule has 0 saturated carbocycles. The first kappa shape index (κ1) is 20.2. The lowest BCUT2D eigenvalue weighted by Crippen LogP contribution is -2.05. The number of rotatable bonds is 7. The van der Waals surface area contributed by atoms with E-state index in [9.17, 15) is 9.18 Å². The number of furan rings is 1. The summed E-state index contributed by atoms with van der Waals surface area (Å²) in [6.07, 6.45) is 4.07. The van der Waals surface area contributed by atoms with Gasteiger partial charge in [0.25, 0.3) is 0 Å². The van der Waals surface area contributed by atoms with Crippen LogP contribution in [0, 0.1) is 5.82 Å². The van der Waals surface area contributed by atoms with Crippen molar-refractivity contribution in [3.05, 3.63) is 84.1 Å². The highest BCUT2D eigenvalue weighted by atomic mass is 19.1. The third-order valence-corrected chi connectivity index (χ3v) is 4.68. The van der Waals surface area contributed by atoms with Crippen molar-refractivity contribution in [1.29, 1.82) is 0 Å². The second-order valence-corrected chi connectivity index (χ2v) is 6.74. The molecule has 2 aromatic heterocycles. The van der Waals surface area contributed by atoms with Crippen molar-refractivity contribution < 1.29 is 13.6 Å². The van der Waals surface area contributed by atoms with E-state index in [0.717, 1.165) is 11.8 Å². The number of aldehydes is 1. The lowest BCUT2D eigenvalue weighted by atomic mass is 10.0. The maximum atomic E-state index is 13.4. The van der Waals surface area contributed by atoms with Crippen LogP contribution in [-0.2, 0) is 4.79 Å². The summed E-state index contributed by atoms with van der Waals surface area (Å²) in [5.74, 6) is 0.291. The number of carbonyl (C=O) groups excluding carboxylic acids is 1. The van der Waals surface area contributed by atoms with Crippen molar-refractivity contribution in [2.45, 2.75) is 6.42 Å². The van der Waals surface area contributed by atoms with E-state index >= 15 is 0 Å². The van der Waals surface area contributed by atoms with Crippen LogP contribution in [0.3, 0.4) is 0 Å². The molecule has 7 heteroatoms. The van der Waals surface area contributed by atoms with Gasteiger partial charge < -0.3 is 14.9 Å². The van der Waals surface area contributed by atoms with Crippen molar-refractivity contribution in [3.8, 4) is 11.3 Å². The first-order valence-corrected chi connectivity index (χ1v) is 9.67. The first-order chi connectivity index (χ1) is 15.2. The van der Waals surface area contributed by atoms with Crippen molar-refractivity contribution >= 4 is 34.9 Å². The van der Waals surface area contributed by atoms with Gasteiger partial charge in [-0.05, 0) is 35.9 Å². The second kappa shape index (κ2) is 9.13. The van der Waals surface area contributed by atoms with Gasteiger partial charge in [0.1, 0.15) is 24.2 Å². The lowest BCUT2D eigenvalue weighted by Gasteiger charge is -2.09. The van der Waals surface area contributed by atoms with Crippen LogP contribution in [0.2, 0.25) is 0 Å². The Morgan fingerprint density at radius 3 is 2.61 bits per heavy atom. The molecule has 2 N–H and O–H groups in total. The average molecular weight is 414 g/mol. The fourth-order valence-electron chi connectivity index (χ4n) is 3.14. The molecule has 0 bridgehead atoms. The highest BCUT2D eigenvalue weighted by Gasteiger charge is 2.17. The van der Waals surface area contributed by atoms with Crippen LogP contribution < -0.4 is 5.73 Å². The molecule has 4 aromatic rings. The molecule has 0 saturated heterocycles. The van der Waals surface area contributed by atoms with E-state index in [4.69, 9.17) is 10.2 Å². The quantitative estimate of drug-likeness (QED) is 0.273. The Labute approximate surface area is 178 Å². The van der Waals surface area contributed by atoms with E-state index in [2.05, 4.69) is 15.0 Å².